The Labute approximate surface area is 99.9 Å². The molecule has 0 aliphatic rings. The van der Waals surface area contributed by atoms with E-state index >= 15 is 0 Å². The third-order valence-corrected chi connectivity index (χ3v) is 2.55. The maximum absolute atomic E-state index is 12.5. The van der Waals surface area contributed by atoms with E-state index in [-0.39, 0.29) is 6.54 Å². The van der Waals surface area contributed by atoms with Gasteiger partial charge in [-0.05, 0) is 29.9 Å². The topological polar surface area (TPSA) is 33.6 Å². The van der Waals surface area contributed by atoms with Crippen molar-refractivity contribution in [3.05, 3.63) is 46.5 Å². The highest BCUT2D eigenvalue weighted by Crippen LogP contribution is 2.29. The monoisotopic (exact) mass is 259 g/mol. The molecule has 0 bridgehead atoms. The van der Waals surface area contributed by atoms with Crippen molar-refractivity contribution in [2.45, 2.75) is 12.7 Å². The van der Waals surface area contributed by atoms with E-state index in [9.17, 15) is 13.2 Å². The number of halogens is 3. The van der Waals surface area contributed by atoms with Crippen LogP contribution in [0.25, 0.3) is 0 Å². The number of rotatable bonds is 2. The number of benzene rings is 1. The van der Waals surface area contributed by atoms with Crippen LogP contribution in [0.4, 0.5) is 13.2 Å². The zero-order valence-electron chi connectivity index (χ0n) is 8.53. The van der Waals surface area contributed by atoms with Crippen LogP contribution >= 0.6 is 12.2 Å². The van der Waals surface area contributed by atoms with Gasteiger partial charge in [-0.1, -0.05) is 12.1 Å². The van der Waals surface area contributed by atoms with Crippen molar-refractivity contribution < 1.29 is 13.2 Å². The second-order valence-electron chi connectivity index (χ2n) is 3.49. The van der Waals surface area contributed by atoms with Gasteiger partial charge in [-0.25, -0.2) is 0 Å². The predicted octanol–water partition coefficient (Wildman–Crippen LogP) is 3.01. The quantitative estimate of drug-likeness (QED) is 0.841. The Morgan fingerprint density at radius 1 is 1.35 bits per heavy atom. The Bertz CT molecular complexity index is 570. The number of alkyl halides is 3. The molecule has 17 heavy (non-hydrogen) atoms. The lowest BCUT2D eigenvalue weighted by molar-refractivity contribution is -0.137. The molecule has 0 saturated heterocycles. The molecule has 0 spiro atoms. The molecular weight excluding hydrogens is 251 g/mol. The van der Waals surface area contributed by atoms with Crippen molar-refractivity contribution in [2.75, 3.05) is 0 Å². The molecule has 1 N–H and O–H groups in total. The number of hydrogen-bond acceptors (Lipinski definition) is 2. The van der Waals surface area contributed by atoms with Crippen molar-refractivity contribution in [1.29, 1.82) is 0 Å². The summed E-state index contributed by atoms with van der Waals surface area (Å²) in [4.78, 5) is 0. The van der Waals surface area contributed by atoms with Gasteiger partial charge < -0.3 is 4.57 Å². The van der Waals surface area contributed by atoms with Crippen molar-refractivity contribution >= 4 is 12.2 Å². The molecular formula is C10H8F3N3S. The van der Waals surface area contributed by atoms with E-state index in [1.165, 1.54) is 12.4 Å². The van der Waals surface area contributed by atoms with Crippen LogP contribution in [0.5, 0.6) is 0 Å². The fourth-order valence-corrected chi connectivity index (χ4v) is 1.59. The number of nitrogens with one attached hydrogen (secondary N) is 1. The SMILES string of the molecule is FC(F)(F)c1cccc(Cn2cn[nH]c2=S)c1. The summed E-state index contributed by atoms with van der Waals surface area (Å²) in [7, 11) is 0. The first-order chi connectivity index (χ1) is 7.97. The van der Waals surface area contributed by atoms with Gasteiger partial charge in [0.2, 0.25) is 0 Å². The van der Waals surface area contributed by atoms with Crippen molar-refractivity contribution in [3.63, 3.8) is 0 Å². The molecule has 0 saturated carbocycles. The molecule has 90 valence electrons. The molecule has 0 fully saturated rings. The van der Waals surface area contributed by atoms with Gasteiger partial charge in [0.25, 0.3) is 0 Å². The molecule has 0 radical (unpaired) electrons. The van der Waals surface area contributed by atoms with E-state index in [0.29, 0.717) is 10.3 Å². The highest BCUT2D eigenvalue weighted by Gasteiger charge is 2.30. The summed E-state index contributed by atoms with van der Waals surface area (Å²) < 4.78 is 39.4. The van der Waals surface area contributed by atoms with Crippen LogP contribution in [0, 0.1) is 4.77 Å². The number of hydrogen-bond donors (Lipinski definition) is 1. The lowest BCUT2D eigenvalue weighted by atomic mass is 10.1. The number of nitrogens with zero attached hydrogens (tertiary/aromatic N) is 2. The molecule has 0 atom stereocenters. The number of aromatic amines is 1. The smallest absolute Gasteiger partial charge is 0.302 e. The second kappa shape index (κ2) is 4.33. The number of aromatic nitrogens is 3. The fourth-order valence-electron chi connectivity index (χ4n) is 1.43. The van der Waals surface area contributed by atoms with E-state index in [1.54, 1.807) is 10.6 Å². The van der Waals surface area contributed by atoms with E-state index in [0.717, 1.165) is 12.1 Å². The average Bonchev–Trinajstić information content (AvgIpc) is 2.64. The van der Waals surface area contributed by atoms with Crippen molar-refractivity contribution in [1.82, 2.24) is 14.8 Å². The number of H-pyrrole nitrogens is 1. The fraction of sp³-hybridized carbons (Fsp3) is 0.200. The Morgan fingerprint density at radius 2 is 2.12 bits per heavy atom. The molecule has 0 aliphatic carbocycles. The molecule has 2 aromatic rings. The normalized spacial score (nSPS) is 11.7. The Morgan fingerprint density at radius 3 is 2.71 bits per heavy atom. The van der Waals surface area contributed by atoms with Gasteiger partial charge in [0.05, 0.1) is 12.1 Å². The summed E-state index contributed by atoms with van der Waals surface area (Å²) in [6.45, 7) is 0.263. The van der Waals surface area contributed by atoms with Gasteiger partial charge in [0, 0.05) is 0 Å². The molecule has 1 heterocycles. The van der Waals surface area contributed by atoms with Gasteiger partial charge in [0.1, 0.15) is 6.33 Å². The maximum atomic E-state index is 12.5. The van der Waals surface area contributed by atoms with Crippen molar-refractivity contribution in [3.8, 4) is 0 Å². The molecule has 7 heteroatoms. The first-order valence-corrected chi connectivity index (χ1v) is 5.13. The third-order valence-electron chi connectivity index (χ3n) is 2.23. The summed E-state index contributed by atoms with van der Waals surface area (Å²) in [6, 6.07) is 5.14. The molecule has 0 unspecified atom stereocenters. The minimum absolute atomic E-state index is 0.263. The molecule has 0 aliphatic heterocycles. The summed E-state index contributed by atoms with van der Waals surface area (Å²) in [5.41, 5.74) is -0.137. The minimum atomic E-state index is -4.33. The molecule has 1 aromatic carbocycles. The lowest BCUT2D eigenvalue weighted by Crippen LogP contribution is -2.06. The third kappa shape index (κ3) is 2.73. The maximum Gasteiger partial charge on any atom is 0.416 e. The van der Waals surface area contributed by atoms with Gasteiger partial charge in [0.15, 0.2) is 4.77 Å². The van der Waals surface area contributed by atoms with Crippen LogP contribution in [-0.4, -0.2) is 14.8 Å². The van der Waals surface area contributed by atoms with E-state index in [4.69, 9.17) is 12.2 Å². The van der Waals surface area contributed by atoms with Gasteiger partial charge in [-0.2, -0.15) is 18.3 Å². The van der Waals surface area contributed by atoms with Crippen LogP contribution in [0.1, 0.15) is 11.1 Å². The first-order valence-electron chi connectivity index (χ1n) is 4.73. The molecule has 0 amide bonds. The second-order valence-corrected chi connectivity index (χ2v) is 3.87. The van der Waals surface area contributed by atoms with Gasteiger partial charge >= 0.3 is 6.18 Å². The molecule has 2 rings (SSSR count). The lowest BCUT2D eigenvalue weighted by Gasteiger charge is -2.08. The minimum Gasteiger partial charge on any atom is -0.302 e. The predicted molar refractivity (Wildman–Crippen MR) is 58.0 cm³/mol. The van der Waals surface area contributed by atoms with Crippen LogP contribution in [-0.2, 0) is 12.7 Å². The molecule has 3 nitrogen and oxygen atoms in total. The Kier molecular flexibility index (Phi) is 3.01. The standard InChI is InChI=1S/C10H8F3N3S/c11-10(12,13)8-3-1-2-7(4-8)5-16-6-14-15-9(16)17/h1-4,6H,5H2,(H,15,17). The molecule has 1 aromatic heterocycles. The van der Waals surface area contributed by atoms with E-state index < -0.39 is 11.7 Å². The summed E-state index contributed by atoms with van der Waals surface area (Å²) >= 11 is 4.91. The van der Waals surface area contributed by atoms with Crippen LogP contribution < -0.4 is 0 Å². The first kappa shape index (κ1) is 11.8. The van der Waals surface area contributed by atoms with E-state index in [1.807, 2.05) is 0 Å². The zero-order valence-corrected chi connectivity index (χ0v) is 9.35. The van der Waals surface area contributed by atoms with Crippen molar-refractivity contribution in [2.24, 2.45) is 0 Å². The zero-order chi connectivity index (χ0) is 12.5. The summed E-state index contributed by atoms with van der Waals surface area (Å²) in [5.74, 6) is 0. The Hall–Kier alpha value is -1.63. The van der Waals surface area contributed by atoms with Gasteiger partial charge in [-0.15, -0.1) is 0 Å². The Balaban J connectivity index is 2.29. The van der Waals surface area contributed by atoms with E-state index in [2.05, 4.69) is 10.2 Å². The largest absolute Gasteiger partial charge is 0.416 e. The summed E-state index contributed by atoms with van der Waals surface area (Å²) in [6.07, 6.45) is -2.88. The van der Waals surface area contributed by atoms with Crippen LogP contribution in [0.2, 0.25) is 0 Å². The van der Waals surface area contributed by atoms with Crippen LogP contribution in [0.15, 0.2) is 30.6 Å². The summed E-state index contributed by atoms with van der Waals surface area (Å²) in [5, 5.41) is 6.24. The highest BCUT2D eigenvalue weighted by atomic mass is 32.1. The highest BCUT2D eigenvalue weighted by molar-refractivity contribution is 7.71. The average molecular weight is 259 g/mol. The van der Waals surface area contributed by atoms with Crippen LogP contribution in [0.3, 0.4) is 0 Å². The van der Waals surface area contributed by atoms with Gasteiger partial charge in [-0.3, -0.25) is 5.10 Å².